The third kappa shape index (κ3) is 5.17. The molecule has 1 fully saturated rings. The number of amides is 1. The highest BCUT2D eigenvalue weighted by Gasteiger charge is 2.20. The van der Waals surface area contributed by atoms with E-state index in [1.54, 1.807) is 0 Å². The summed E-state index contributed by atoms with van der Waals surface area (Å²) in [4.78, 5) is 13.1. The molecule has 110 valence electrons. The third-order valence-electron chi connectivity index (χ3n) is 3.48. The number of carbonyl (C=O) groups excluding carboxylic acids is 1. The van der Waals surface area contributed by atoms with Gasteiger partial charge in [-0.25, -0.2) is 0 Å². The van der Waals surface area contributed by atoms with Crippen LogP contribution in [0.25, 0.3) is 0 Å². The van der Waals surface area contributed by atoms with Gasteiger partial charge in [0.05, 0.1) is 12.6 Å². The molecule has 3 nitrogen and oxygen atoms in total. The first-order valence-corrected chi connectivity index (χ1v) is 8.40. The van der Waals surface area contributed by atoms with Gasteiger partial charge in [0.2, 0.25) is 5.91 Å². The molecule has 0 bridgehead atoms. The number of benzene rings is 1. The van der Waals surface area contributed by atoms with Crippen molar-refractivity contribution < 1.29 is 4.79 Å². The lowest BCUT2D eigenvalue weighted by Crippen LogP contribution is -2.36. The predicted octanol–water partition coefficient (Wildman–Crippen LogP) is 2.98. The van der Waals surface area contributed by atoms with Crippen molar-refractivity contribution in [1.29, 1.82) is 0 Å². The maximum atomic E-state index is 11.8. The molecule has 1 aliphatic rings. The molecule has 1 amide bonds. The SMILES string of the molecule is CCSc1ccc(C(C)NC(=O)CNCC2CC2)cc1. The molecule has 0 aliphatic heterocycles. The molecule has 0 radical (unpaired) electrons. The van der Waals surface area contributed by atoms with Crippen LogP contribution < -0.4 is 10.6 Å². The van der Waals surface area contributed by atoms with Gasteiger partial charge in [-0.1, -0.05) is 19.1 Å². The van der Waals surface area contributed by atoms with Crippen LogP contribution in [-0.2, 0) is 4.79 Å². The van der Waals surface area contributed by atoms with Crippen molar-refractivity contribution in [3.05, 3.63) is 29.8 Å². The zero-order chi connectivity index (χ0) is 14.4. The molecule has 2 rings (SSSR count). The van der Waals surface area contributed by atoms with Crippen molar-refractivity contribution in [2.45, 2.75) is 37.6 Å². The second kappa shape index (κ2) is 7.70. The molecule has 1 aromatic carbocycles. The Morgan fingerprint density at radius 1 is 1.35 bits per heavy atom. The lowest BCUT2D eigenvalue weighted by Gasteiger charge is -2.15. The Kier molecular flexibility index (Phi) is 5.92. The quantitative estimate of drug-likeness (QED) is 0.724. The van der Waals surface area contributed by atoms with Crippen molar-refractivity contribution in [1.82, 2.24) is 10.6 Å². The zero-order valence-electron chi connectivity index (χ0n) is 12.3. The molecule has 0 saturated heterocycles. The summed E-state index contributed by atoms with van der Waals surface area (Å²) in [5.74, 6) is 1.96. The standard InChI is InChI=1S/C16H24N2OS/c1-3-20-15-8-6-14(7-9-15)12(2)18-16(19)11-17-10-13-4-5-13/h6-9,12-13,17H,3-5,10-11H2,1-2H3,(H,18,19). The molecule has 1 atom stereocenters. The largest absolute Gasteiger partial charge is 0.348 e. The number of nitrogens with one attached hydrogen (secondary N) is 2. The number of carbonyl (C=O) groups is 1. The third-order valence-corrected chi connectivity index (χ3v) is 4.38. The Morgan fingerprint density at radius 2 is 2.05 bits per heavy atom. The zero-order valence-corrected chi connectivity index (χ0v) is 13.1. The Morgan fingerprint density at radius 3 is 2.65 bits per heavy atom. The summed E-state index contributed by atoms with van der Waals surface area (Å²) >= 11 is 1.83. The van der Waals surface area contributed by atoms with Crippen LogP contribution in [0.4, 0.5) is 0 Å². The van der Waals surface area contributed by atoms with Crippen LogP contribution in [0.5, 0.6) is 0 Å². The summed E-state index contributed by atoms with van der Waals surface area (Å²) in [6.45, 7) is 5.58. The van der Waals surface area contributed by atoms with E-state index in [9.17, 15) is 4.79 Å². The molecule has 0 heterocycles. The minimum Gasteiger partial charge on any atom is -0.348 e. The molecule has 1 saturated carbocycles. The summed E-state index contributed by atoms with van der Waals surface area (Å²) in [6, 6.07) is 8.50. The van der Waals surface area contributed by atoms with Gasteiger partial charge in [-0.05, 0) is 55.7 Å². The Balaban J connectivity index is 1.74. The van der Waals surface area contributed by atoms with Gasteiger partial charge in [-0.3, -0.25) is 4.79 Å². The lowest BCUT2D eigenvalue weighted by molar-refractivity contribution is -0.120. The first-order chi connectivity index (χ1) is 9.69. The molecule has 4 heteroatoms. The van der Waals surface area contributed by atoms with Gasteiger partial charge in [-0.2, -0.15) is 0 Å². The van der Waals surface area contributed by atoms with Crippen LogP contribution >= 0.6 is 11.8 Å². The van der Waals surface area contributed by atoms with E-state index in [1.807, 2.05) is 18.7 Å². The molecular weight excluding hydrogens is 268 g/mol. The summed E-state index contributed by atoms with van der Waals surface area (Å²) < 4.78 is 0. The van der Waals surface area contributed by atoms with E-state index in [0.717, 1.165) is 23.8 Å². The van der Waals surface area contributed by atoms with Crippen LogP contribution in [0.2, 0.25) is 0 Å². The van der Waals surface area contributed by atoms with Crippen molar-refractivity contribution >= 4 is 17.7 Å². The fraction of sp³-hybridized carbons (Fsp3) is 0.562. The van der Waals surface area contributed by atoms with E-state index in [2.05, 4.69) is 41.8 Å². The maximum Gasteiger partial charge on any atom is 0.234 e. The second-order valence-electron chi connectivity index (χ2n) is 5.37. The Hall–Kier alpha value is -1.00. The van der Waals surface area contributed by atoms with Gasteiger partial charge in [0.1, 0.15) is 0 Å². The summed E-state index contributed by atoms with van der Waals surface area (Å²) in [5, 5.41) is 6.25. The van der Waals surface area contributed by atoms with Crippen molar-refractivity contribution in [2.75, 3.05) is 18.8 Å². The van der Waals surface area contributed by atoms with Crippen molar-refractivity contribution in [3.63, 3.8) is 0 Å². The number of hydrogen-bond acceptors (Lipinski definition) is 3. The first-order valence-electron chi connectivity index (χ1n) is 7.42. The number of hydrogen-bond donors (Lipinski definition) is 2. The van der Waals surface area contributed by atoms with E-state index in [-0.39, 0.29) is 11.9 Å². The fourth-order valence-electron chi connectivity index (χ4n) is 2.11. The molecule has 0 spiro atoms. The van der Waals surface area contributed by atoms with Gasteiger partial charge < -0.3 is 10.6 Å². The minimum absolute atomic E-state index is 0.0610. The molecule has 20 heavy (non-hydrogen) atoms. The van der Waals surface area contributed by atoms with Gasteiger partial charge in [0.15, 0.2) is 0 Å². The number of thioether (sulfide) groups is 1. The smallest absolute Gasteiger partial charge is 0.234 e. The average molecular weight is 292 g/mol. The van der Waals surface area contributed by atoms with Crippen molar-refractivity contribution in [2.24, 2.45) is 5.92 Å². The van der Waals surface area contributed by atoms with Crippen LogP contribution in [-0.4, -0.2) is 24.7 Å². The van der Waals surface area contributed by atoms with E-state index < -0.39 is 0 Å². The minimum atomic E-state index is 0.0610. The molecule has 1 aliphatic carbocycles. The Bertz CT molecular complexity index is 429. The predicted molar refractivity (Wildman–Crippen MR) is 85.0 cm³/mol. The molecule has 2 N–H and O–H groups in total. The lowest BCUT2D eigenvalue weighted by atomic mass is 10.1. The van der Waals surface area contributed by atoms with Crippen LogP contribution in [0, 0.1) is 5.92 Å². The fourth-order valence-corrected chi connectivity index (χ4v) is 2.77. The summed E-state index contributed by atoms with van der Waals surface area (Å²) in [7, 11) is 0. The normalized spacial score (nSPS) is 15.9. The monoisotopic (exact) mass is 292 g/mol. The van der Waals surface area contributed by atoms with E-state index in [1.165, 1.54) is 17.7 Å². The second-order valence-corrected chi connectivity index (χ2v) is 6.70. The van der Waals surface area contributed by atoms with Crippen molar-refractivity contribution in [3.8, 4) is 0 Å². The highest BCUT2D eigenvalue weighted by atomic mass is 32.2. The highest BCUT2D eigenvalue weighted by Crippen LogP contribution is 2.27. The van der Waals surface area contributed by atoms with E-state index >= 15 is 0 Å². The van der Waals surface area contributed by atoms with Crippen LogP contribution in [0.1, 0.15) is 38.3 Å². The summed E-state index contributed by atoms with van der Waals surface area (Å²) in [5.41, 5.74) is 1.15. The number of rotatable bonds is 8. The summed E-state index contributed by atoms with van der Waals surface area (Å²) in [6.07, 6.45) is 2.63. The van der Waals surface area contributed by atoms with Gasteiger partial charge in [-0.15, -0.1) is 11.8 Å². The Labute approximate surface area is 125 Å². The van der Waals surface area contributed by atoms with Gasteiger partial charge in [0, 0.05) is 4.90 Å². The van der Waals surface area contributed by atoms with E-state index in [4.69, 9.17) is 0 Å². The average Bonchev–Trinajstić information content (AvgIpc) is 3.24. The van der Waals surface area contributed by atoms with Crippen LogP contribution in [0.3, 0.4) is 0 Å². The van der Waals surface area contributed by atoms with Crippen LogP contribution in [0.15, 0.2) is 29.2 Å². The molecule has 0 aromatic heterocycles. The molecule has 1 aromatic rings. The molecule has 1 unspecified atom stereocenters. The topological polar surface area (TPSA) is 41.1 Å². The van der Waals surface area contributed by atoms with Gasteiger partial charge >= 0.3 is 0 Å². The maximum absolute atomic E-state index is 11.8. The van der Waals surface area contributed by atoms with E-state index in [0.29, 0.717) is 6.54 Å². The first kappa shape index (κ1) is 15.4. The molecular formula is C16H24N2OS. The highest BCUT2D eigenvalue weighted by molar-refractivity contribution is 7.99. The van der Waals surface area contributed by atoms with Gasteiger partial charge in [0.25, 0.3) is 0 Å².